The summed E-state index contributed by atoms with van der Waals surface area (Å²) in [5.41, 5.74) is 8.27. The fourth-order valence-electron chi connectivity index (χ4n) is 1.53. The maximum absolute atomic E-state index is 6.09. The third-order valence-electron chi connectivity index (χ3n) is 2.45. The van der Waals surface area contributed by atoms with E-state index in [0.29, 0.717) is 22.1 Å². The molecule has 3 nitrogen and oxygen atoms in total. The van der Waals surface area contributed by atoms with Gasteiger partial charge in [-0.15, -0.1) is 0 Å². The molecule has 5 heteroatoms. The van der Waals surface area contributed by atoms with Gasteiger partial charge in [-0.1, -0.05) is 29.9 Å². The number of aromatic nitrogens is 1. The Morgan fingerprint density at radius 2 is 2.22 bits per heavy atom. The first-order valence-corrected chi connectivity index (χ1v) is 6.17. The molecule has 0 aliphatic rings. The van der Waals surface area contributed by atoms with Gasteiger partial charge in [-0.25, -0.2) is 0 Å². The molecule has 1 aromatic carbocycles. The van der Waals surface area contributed by atoms with E-state index in [1.807, 2.05) is 36.5 Å². The highest BCUT2D eigenvalue weighted by atomic mass is 35.5. The molecule has 0 saturated carbocycles. The number of rotatable bonds is 4. The average Bonchev–Trinajstić information content (AvgIpc) is 2.37. The lowest BCUT2D eigenvalue weighted by atomic mass is 10.2. The first kappa shape index (κ1) is 12.8. The van der Waals surface area contributed by atoms with Crippen molar-refractivity contribution in [2.45, 2.75) is 6.54 Å². The molecule has 2 aromatic rings. The van der Waals surface area contributed by atoms with Crippen molar-refractivity contribution in [3.63, 3.8) is 0 Å². The van der Waals surface area contributed by atoms with Gasteiger partial charge < -0.3 is 11.1 Å². The third kappa shape index (κ3) is 3.18. The van der Waals surface area contributed by atoms with Crippen LogP contribution in [0.1, 0.15) is 11.1 Å². The quantitative estimate of drug-likeness (QED) is 0.844. The molecule has 3 N–H and O–H groups in total. The monoisotopic (exact) mass is 277 g/mol. The summed E-state index contributed by atoms with van der Waals surface area (Å²) >= 11 is 11.0. The van der Waals surface area contributed by atoms with Gasteiger partial charge >= 0.3 is 0 Å². The summed E-state index contributed by atoms with van der Waals surface area (Å²) < 4.78 is 0. The van der Waals surface area contributed by atoms with Gasteiger partial charge in [0.15, 0.2) is 0 Å². The Labute approximate surface area is 116 Å². The molecule has 0 unspecified atom stereocenters. The minimum absolute atomic E-state index is 0.304. The van der Waals surface area contributed by atoms with Crippen LogP contribution >= 0.6 is 23.8 Å². The minimum Gasteiger partial charge on any atom is -0.389 e. The van der Waals surface area contributed by atoms with Crippen LogP contribution in [-0.2, 0) is 6.54 Å². The molecule has 0 saturated heterocycles. The van der Waals surface area contributed by atoms with Crippen LogP contribution in [0.4, 0.5) is 5.69 Å². The van der Waals surface area contributed by atoms with Gasteiger partial charge in [-0.3, -0.25) is 4.98 Å². The first-order chi connectivity index (χ1) is 8.66. The van der Waals surface area contributed by atoms with Gasteiger partial charge in [0.05, 0.1) is 5.02 Å². The zero-order valence-corrected chi connectivity index (χ0v) is 11.1. The Hall–Kier alpha value is -1.65. The van der Waals surface area contributed by atoms with Crippen LogP contribution in [0, 0.1) is 0 Å². The summed E-state index contributed by atoms with van der Waals surface area (Å²) in [5, 5.41) is 3.81. The van der Waals surface area contributed by atoms with Gasteiger partial charge in [0, 0.05) is 30.2 Å². The number of anilines is 1. The van der Waals surface area contributed by atoms with Crippen molar-refractivity contribution in [2.75, 3.05) is 5.32 Å². The Morgan fingerprint density at radius 3 is 2.83 bits per heavy atom. The van der Waals surface area contributed by atoms with E-state index in [4.69, 9.17) is 29.6 Å². The van der Waals surface area contributed by atoms with Crippen LogP contribution in [-0.4, -0.2) is 9.97 Å². The predicted octanol–water partition coefficient (Wildman–Crippen LogP) is 2.98. The summed E-state index contributed by atoms with van der Waals surface area (Å²) in [5.74, 6) is 0. The molecule has 0 fully saturated rings. The molecule has 0 aliphatic carbocycles. The Morgan fingerprint density at radius 1 is 1.39 bits per heavy atom. The number of hydrogen-bond acceptors (Lipinski definition) is 3. The van der Waals surface area contributed by atoms with Crippen molar-refractivity contribution in [1.29, 1.82) is 0 Å². The molecule has 0 radical (unpaired) electrons. The Kier molecular flexibility index (Phi) is 4.12. The van der Waals surface area contributed by atoms with Crippen molar-refractivity contribution in [3.05, 3.63) is 58.9 Å². The highest BCUT2D eigenvalue weighted by molar-refractivity contribution is 7.80. The molecule has 1 aromatic heterocycles. The summed E-state index contributed by atoms with van der Waals surface area (Å²) in [6.45, 7) is 0.691. The molecule has 92 valence electrons. The van der Waals surface area contributed by atoms with E-state index in [2.05, 4.69) is 10.3 Å². The van der Waals surface area contributed by atoms with Gasteiger partial charge in [0.1, 0.15) is 4.99 Å². The topological polar surface area (TPSA) is 50.9 Å². The molecular weight excluding hydrogens is 266 g/mol. The summed E-state index contributed by atoms with van der Waals surface area (Å²) in [4.78, 5) is 4.36. The smallest absolute Gasteiger partial charge is 0.105 e. The second-order valence-corrected chi connectivity index (χ2v) is 4.62. The maximum Gasteiger partial charge on any atom is 0.105 e. The lowest BCUT2D eigenvalue weighted by molar-refractivity contribution is 1.11. The lowest BCUT2D eigenvalue weighted by Crippen LogP contribution is -2.10. The summed E-state index contributed by atoms with van der Waals surface area (Å²) in [6, 6.07) is 9.43. The second-order valence-electron chi connectivity index (χ2n) is 3.77. The Bertz CT molecular complexity index is 557. The van der Waals surface area contributed by atoms with Gasteiger partial charge in [0.2, 0.25) is 0 Å². The highest BCUT2D eigenvalue weighted by Crippen LogP contribution is 2.21. The zero-order valence-electron chi connectivity index (χ0n) is 9.56. The average molecular weight is 278 g/mol. The molecule has 0 amide bonds. The van der Waals surface area contributed by atoms with Crippen LogP contribution in [0.3, 0.4) is 0 Å². The van der Waals surface area contributed by atoms with Crippen molar-refractivity contribution < 1.29 is 0 Å². The number of halogens is 1. The van der Waals surface area contributed by atoms with Crippen LogP contribution in [0.15, 0.2) is 42.7 Å². The number of benzene rings is 1. The van der Waals surface area contributed by atoms with Gasteiger partial charge in [0.25, 0.3) is 0 Å². The second kappa shape index (κ2) is 5.80. The van der Waals surface area contributed by atoms with E-state index in [0.717, 1.165) is 11.3 Å². The molecule has 0 bridgehead atoms. The molecule has 0 atom stereocenters. The van der Waals surface area contributed by atoms with E-state index in [-0.39, 0.29) is 0 Å². The molecule has 18 heavy (non-hydrogen) atoms. The fourth-order valence-corrected chi connectivity index (χ4v) is 2.05. The van der Waals surface area contributed by atoms with Crippen molar-refractivity contribution in [3.8, 4) is 0 Å². The standard InChI is InChI=1S/C13H12ClN3S/c14-12-6-10(3-4-11(12)13(15)18)17-8-9-2-1-5-16-7-9/h1-7,17H,8H2,(H2,15,18). The van der Waals surface area contributed by atoms with E-state index in [9.17, 15) is 0 Å². The largest absolute Gasteiger partial charge is 0.389 e. The number of nitrogens with two attached hydrogens (primary N) is 1. The zero-order chi connectivity index (χ0) is 13.0. The number of pyridine rings is 1. The molecule has 2 rings (SSSR count). The van der Waals surface area contributed by atoms with Crippen LogP contribution in [0.5, 0.6) is 0 Å². The predicted molar refractivity (Wildman–Crippen MR) is 78.9 cm³/mol. The van der Waals surface area contributed by atoms with Crippen molar-refractivity contribution in [2.24, 2.45) is 5.73 Å². The van der Waals surface area contributed by atoms with Gasteiger partial charge in [-0.05, 0) is 29.8 Å². The van der Waals surface area contributed by atoms with Crippen LogP contribution in [0.25, 0.3) is 0 Å². The third-order valence-corrected chi connectivity index (χ3v) is 2.99. The van der Waals surface area contributed by atoms with E-state index in [1.54, 1.807) is 6.20 Å². The van der Waals surface area contributed by atoms with Gasteiger partial charge in [-0.2, -0.15) is 0 Å². The molecule has 0 aliphatic heterocycles. The molecule has 0 spiro atoms. The number of thiocarbonyl (C=S) groups is 1. The SMILES string of the molecule is NC(=S)c1ccc(NCc2cccnc2)cc1Cl. The van der Waals surface area contributed by atoms with Crippen molar-refractivity contribution >= 4 is 34.5 Å². The Balaban J connectivity index is 2.07. The normalized spacial score (nSPS) is 10.1. The van der Waals surface area contributed by atoms with E-state index >= 15 is 0 Å². The first-order valence-electron chi connectivity index (χ1n) is 5.39. The highest BCUT2D eigenvalue weighted by Gasteiger charge is 2.04. The lowest BCUT2D eigenvalue weighted by Gasteiger charge is -2.08. The van der Waals surface area contributed by atoms with Crippen molar-refractivity contribution in [1.82, 2.24) is 4.98 Å². The minimum atomic E-state index is 0.304. The maximum atomic E-state index is 6.09. The van der Waals surface area contributed by atoms with Crippen LogP contribution in [0.2, 0.25) is 5.02 Å². The molecular formula is C13H12ClN3S. The molecule has 1 heterocycles. The van der Waals surface area contributed by atoms with E-state index in [1.165, 1.54) is 0 Å². The summed E-state index contributed by atoms with van der Waals surface area (Å²) in [7, 11) is 0. The van der Waals surface area contributed by atoms with E-state index < -0.39 is 0 Å². The van der Waals surface area contributed by atoms with Crippen LogP contribution < -0.4 is 11.1 Å². The summed E-state index contributed by atoms with van der Waals surface area (Å²) in [6.07, 6.45) is 3.56. The fraction of sp³-hybridized carbons (Fsp3) is 0.0769. The number of nitrogens with one attached hydrogen (secondary N) is 1. The number of hydrogen-bond donors (Lipinski definition) is 2. The number of nitrogens with zero attached hydrogens (tertiary/aromatic N) is 1.